The van der Waals surface area contributed by atoms with Crippen LogP contribution in [0.3, 0.4) is 0 Å². The molecule has 0 atom stereocenters. The van der Waals surface area contributed by atoms with Gasteiger partial charge in [0.15, 0.2) is 5.65 Å². The van der Waals surface area contributed by atoms with Crippen molar-refractivity contribution in [3.8, 4) is 11.7 Å². The maximum atomic E-state index is 12.5. The van der Waals surface area contributed by atoms with Gasteiger partial charge < -0.3 is 9.47 Å². The van der Waals surface area contributed by atoms with Crippen molar-refractivity contribution >= 4 is 22.2 Å². The molecule has 5 rings (SSSR count). The van der Waals surface area contributed by atoms with Gasteiger partial charge in [-0.25, -0.2) is 14.8 Å². The Balaban J connectivity index is 1.57. The molecule has 1 aliphatic heterocycles. The molecule has 1 aliphatic rings. The van der Waals surface area contributed by atoms with Gasteiger partial charge in [0.1, 0.15) is 17.6 Å². The summed E-state index contributed by atoms with van der Waals surface area (Å²) in [7, 11) is 0. The first-order valence-corrected chi connectivity index (χ1v) is 9.17. The van der Waals surface area contributed by atoms with E-state index in [1.54, 1.807) is 4.57 Å². The zero-order valence-corrected chi connectivity index (χ0v) is 15.4. The van der Waals surface area contributed by atoms with Crippen molar-refractivity contribution in [3.63, 3.8) is 0 Å². The van der Waals surface area contributed by atoms with Crippen molar-refractivity contribution in [1.29, 1.82) is 0 Å². The second-order valence-electron chi connectivity index (χ2n) is 6.86. The van der Waals surface area contributed by atoms with E-state index in [1.165, 1.54) is 35.3 Å². The lowest BCUT2D eigenvalue weighted by Gasteiger charge is -2.23. The molecule has 1 N–H and O–H groups in total. The number of hydrogen-bond donors (Lipinski definition) is 1. The highest BCUT2D eigenvalue weighted by Gasteiger charge is 2.31. The van der Waals surface area contributed by atoms with Crippen LogP contribution >= 0.6 is 0 Å². The number of H-pyrrole nitrogens is 1. The van der Waals surface area contributed by atoms with Gasteiger partial charge in [-0.05, 0) is 25.0 Å². The molecule has 1 saturated heterocycles. The minimum Gasteiger partial charge on any atom is -0.406 e. The highest BCUT2D eigenvalue weighted by molar-refractivity contribution is 5.79. The van der Waals surface area contributed by atoms with Crippen LogP contribution in [0.25, 0.3) is 28.1 Å². The van der Waals surface area contributed by atoms with Gasteiger partial charge in [-0.3, -0.25) is 14.1 Å². The Morgan fingerprint density at radius 2 is 1.97 bits per heavy atom. The van der Waals surface area contributed by atoms with E-state index in [0.29, 0.717) is 48.3 Å². The van der Waals surface area contributed by atoms with Crippen molar-refractivity contribution in [2.75, 3.05) is 13.2 Å². The molecule has 0 radical (unpaired) electrons. The molecule has 1 aromatic carbocycles. The first kappa shape index (κ1) is 18.6. The Morgan fingerprint density at radius 1 is 1.17 bits per heavy atom. The third kappa shape index (κ3) is 3.28. The number of ether oxygens (including phenoxy) is 2. The molecule has 0 amide bonds. The number of hydrogen-bond acceptors (Lipinski definition) is 6. The predicted molar refractivity (Wildman–Crippen MR) is 98.5 cm³/mol. The largest absolute Gasteiger partial charge is 0.573 e. The van der Waals surface area contributed by atoms with Crippen molar-refractivity contribution in [3.05, 3.63) is 41.2 Å². The van der Waals surface area contributed by atoms with Crippen LogP contribution in [-0.2, 0) is 4.74 Å². The second-order valence-corrected chi connectivity index (χ2v) is 6.86. The fraction of sp³-hybridized carbons (Fsp3) is 0.333. The standard InChI is InChI=1S/C18H15F3N6O3/c19-18(20,21)30-11-1-2-12-13(7-11)26(9-23-12)16-22-8-14-15(24-16)25-17(28)27(14)10-3-5-29-6-4-10/h1-2,7-10H,3-6H2,(H,22,24,25,28). The van der Waals surface area contributed by atoms with Crippen LogP contribution in [-0.4, -0.2) is 48.6 Å². The third-order valence-corrected chi connectivity index (χ3v) is 4.98. The molecule has 1 fully saturated rings. The van der Waals surface area contributed by atoms with Gasteiger partial charge in [0.25, 0.3) is 0 Å². The van der Waals surface area contributed by atoms with E-state index in [2.05, 4.69) is 24.7 Å². The molecule has 9 nitrogen and oxygen atoms in total. The molecule has 3 aromatic heterocycles. The number of nitrogens with zero attached hydrogens (tertiary/aromatic N) is 5. The van der Waals surface area contributed by atoms with Gasteiger partial charge in [-0.2, -0.15) is 4.98 Å². The molecule has 4 aromatic rings. The monoisotopic (exact) mass is 420 g/mol. The van der Waals surface area contributed by atoms with E-state index >= 15 is 0 Å². The van der Waals surface area contributed by atoms with E-state index in [1.807, 2.05) is 0 Å². The predicted octanol–water partition coefficient (Wildman–Crippen LogP) is 2.71. The average molecular weight is 420 g/mol. The number of aromatic nitrogens is 6. The summed E-state index contributed by atoms with van der Waals surface area (Å²) < 4.78 is 50.0. The fourth-order valence-corrected chi connectivity index (χ4v) is 3.67. The number of rotatable bonds is 3. The highest BCUT2D eigenvalue weighted by atomic mass is 19.4. The maximum absolute atomic E-state index is 12.5. The van der Waals surface area contributed by atoms with Crippen LogP contribution in [0.5, 0.6) is 5.75 Å². The molecule has 156 valence electrons. The average Bonchev–Trinajstić information content (AvgIpc) is 3.26. The third-order valence-electron chi connectivity index (χ3n) is 4.98. The topological polar surface area (TPSA) is 99.9 Å². The number of alkyl halides is 3. The highest BCUT2D eigenvalue weighted by Crippen LogP contribution is 2.27. The van der Waals surface area contributed by atoms with E-state index in [-0.39, 0.29) is 23.4 Å². The first-order chi connectivity index (χ1) is 14.4. The van der Waals surface area contributed by atoms with Crippen LogP contribution in [0, 0.1) is 0 Å². The molecule has 0 unspecified atom stereocenters. The Labute approximate surface area is 166 Å². The minimum absolute atomic E-state index is 0.00870. The van der Waals surface area contributed by atoms with E-state index in [0.717, 1.165) is 0 Å². The van der Waals surface area contributed by atoms with Gasteiger partial charge >= 0.3 is 12.1 Å². The minimum atomic E-state index is -4.81. The van der Waals surface area contributed by atoms with Crippen molar-refractivity contribution in [2.45, 2.75) is 25.2 Å². The number of nitrogens with one attached hydrogen (secondary N) is 1. The first-order valence-electron chi connectivity index (χ1n) is 9.17. The number of halogens is 3. The van der Waals surface area contributed by atoms with Crippen molar-refractivity contribution < 1.29 is 22.6 Å². The normalized spacial score (nSPS) is 15.8. The summed E-state index contributed by atoms with van der Waals surface area (Å²) in [6.45, 7) is 1.15. The molecule has 0 aliphatic carbocycles. The summed E-state index contributed by atoms with van der Waals surface area (Å²) >= 11 is 0. The molecular weight excluding hydrogens is 405 g/mol. The fourth-order valence-electron chi connectivity index (χ4n) is 3.67. The second kappa shape index (κ2) is 6.83. The van der Waals surface area contributed by atoms with Gasteiger partial charge in [-0.15, -0.1) is 13.2 Å². The maximum Gasteiger partial charge on any atom is 0.573 e. The summed E-state index contributed by atoms with van der Waals surface area (Å²) in [6.07, 6.45) is -0.463. The van der Waals surface area contributed by atoms with Crippen LogP contribution in [0.1, 0.15) is 18.9 Å². The number of aromatic amines is 1. The number of fused-ring (bicyclic) bond motifs is 2. The molecule has 4 heterocycles. The van der Waals surface area contributed by atoms with Crippen LogP contribution in [0.15, 0.2) is 35.5 Å². The van der Waals surface area contributed by atoms with Crippen molar-refractivity contribution in [1.82, 2.24) is 29.1 Å². The molecule has 12 heteroatoms. The van der Waals surface area contributed by atoms with Crippen molar-refractivity contribution in [2.24, 2.45) is 0 Å². The van der Waals surface area contributed by atoms with Gasteiger partial charge in [0.2, 0.25) is 5.95 Å². The molecule has 0 saturated carbocycles. The number of benzene rings is 1. The molecular formula is C18H15F3N6O3. The smallest absolute Gasteiger partial charge is 0.406 e. The SMILES string of the molecule is O=c1[nH]c2nc(-n3cnc4ccc(OC(F)(F)F)cc43)ncc2n1C1CCOCC1. The quantitative estimate of drug-likeness (QED) is 0.547. The van der Waals surface area contributed by atoms with E-state index in [9.17, 15) is 18.0 Å². The van der Waals surface area contributed by atoms with Gasteiger partial charge in [0.05, 0.1) is 17.2 Å². The summed E-state index contributed by atoms with van der Waals surface area (Å²) in [5.74, 6) is -0.216. The lowest BCUT2D eigenvalue weighted by atomic mass is 10.1. The van der Waals surface area contributed by atoms with E-state index < -0.39 is 6.36 Å². The Morgan fingerprint density at radius 3 is 2.73 bits per heavy atom. The zero-order valence-electron chi connectivity index (χ0n) is 15.4. The summed E-state index contributed by atoms with van der Waals surface area (Å²) in [6, 6.07) is 3.79. The van der Waals surface area contributed by atoms with Crippen LogP contribution in [0.2, 0.25) is 0 Å². The number of imidazole rings is 2. The van der Waals surface area contributed by atoms with Gasteiger partial charge in [-0.1, -0.05) is 0 Å². The Hall–Kier alpha value is -3.41. The lowest BCUT2D eigenvalue weighted by Crippen LogP contribution is -2.27. The summed E-state index contributed by atoms with van der Waals surface area (Å²) in [4.78, 5) is 28.1. The Bertz CT molecular complexity index is 1290. The molecule has 30 heavy (non-hydrogen) atoms. The summed E-state index contributed by atoms with van der Waals surface area (Å²) in [5, 5.41) is 0. The Kier molecular flexibility index (Phi) is 4.24. The molecule has 0 spiro atoms. The zero-order chi connectivity index (χ0) is 20.9. The van der Waals surface area contributed by atoms with E-state index in [4.69, 9.17) is 4.74 Å². The van der Waals surface area contributed by atoms with Crippen LogP contribution in [0.4, 0.5) is 13.2 Å². The molecule has 0 bridgehead atoms. The lowest BCUT2D eigenvalue weighted by molar-refractivity contribution is -0.274. The summed E-state index contributed by atoms with van der Waals surface area (Å²) in [5.41, 5.74) is 1.38. The van der Waals surface area contributed by atoms with Gasteiger partial charge in [0, 0.05) is 25.3 Å². The van der Waals surface area contributed by atoms with Crippen LogP contribution < -0.4 is 10.4 Å².